The number of hydrogen-bond acceptors (Lipinski definition) is 2. The second-order valence-corrected chi connectivity index (χ2v) is 5.74. The fraction of sp³-hybridized carbons (Fsp3) is 0.333. The van der Waals surface area contributed by atoms with Crippen LogP contribution in [0.1, 0.15) is 36.6 Å². The molecule has 0 saturated heterocycles. The molecule has 112 valence electrons. The smallest absolute Gasteiger partial charge is 0.120 e. The predicted molar refractivity (Wildman–Crippen MR) is 92.0 cm³/mol. The van der Waals surface area contributed by atoms with E-state index >= 15 is 0 Å². The summed E-state index contributed by atoms with van der Waals surface area (Å²) in [4.78, 5) is 0. The van der Waals surface area contributed by atoms with Gasteiger partial charge in [0, 0.05) is 4.47 Å². The molecule has 21 heavy (non-hydrogen) atoms. The number of halogens is 1. The Labute approximate surface area is 135 Å². The molecule has 0 amide bonds. The molecule has 1 N–H and O–H groups in total. The van der Waals surface area contributed by atoms with Gasteiger partial charge in [-0.25, -0.2) is 0 Å². The van der Waals surface area contributed by atoms with Gasteiger partial charge in [-0.05, 0) is 49.2 Å². The zero-order valence-corrected chi connectivity index (χ0v) is 14.4. The Kier molecular flexibility index (Phi) is 5.83. The Morgan fingerprint density at radius 1 is 1.10 bits per heavy atom. The van der Waals surface area contributed by atoms with Crippen molar-refractivity contribution in [2.45, 2.75) is 26.3 Å². The molecule has 0 aliphatic carbocycles. The summed E-state index contributed by atoms with van der Waals surface area (Å²) in [6.07, 6.45) is 1.03. The number of hydrogen-bond donors (Lipinski definition) is 1. The van der Waals surface area contributed by atoms with Crippen LogP contribution in [0.25, 0.3) is 0 Å². The van der Waals surface area contributed by atoms with Crippen molar-refractivity contribution in [1.82, 2.24) is 5.32 Å². The van der Waals surface area contributed by atoms with Gasteiger partial charge in [-0.2, -0.15) is 0 Å². The minimum atomic E-state index is 0.172. The summed E-state index contributed by atoms with van der Waals surface area (Å²) in [6.45, 7) is 4.87. The third-order valence-electron chi connectivity index (χ3n) is 3.63. The SMILES string of the molecule is CCOc1ccc(C(NC)c2ccccc2CC)c(Br)c1. The summed E-state index contributed by atoms with van der Waals surface area (Å²) in [5, 5.41) is 3.43. The number of ether oxygens (including phenoxy) is 1. The second kappa shape index (κ2) is 7.62. The lowest BCUT2D eigenvalue weighted by molar-refractivity contribution is 0.340. The highest BCUT2D eigenvalue weighted by atomic mass is 79.9. The third-order valence-corrected chi connectivity index (χ3v) is 4.32. The van der Waals surface area contributed by atoms with Gasteiger partial charge >= 0.3 is 0 Å². The summed E-state index contributed by atoms with van der Waals surface area (Å²) in [5.74, 6) is 0.895. The van der Waals surface area contributed by atoms with Crippen LogP contribution in [0.5, 0.6) is 5.75 Å². The number of benzene rings is 2. The average molecular weight is 348 g/mol. The van der Waals surface area contributed by atoms with Crippen LogP contribution in [0.15, 0.2) is 46.9 Å². The van der Waals surface area contributed by atoms with Crippen LogP contribution in [-0.4, -0.2) is 13.7 Å². The van der Waals surface area contributed by atoms with E-state index in [2.05, 4.69) is 58.5 Å². The Hall–Kier alpha value is -1.32. The molecule has 0 bridgehead atoms. The van der Waals surface area contributed by atoms with Gasteiger partial charge in [-0.3, -0.25) is 0 Å². The van der Waals surface area contributed by atoms with Crippen molar-refractivity contribution in [2.24, 2.45) is 0 Å². The lowest BCUT2D eigenvalue weighted by Gasteiger charge is -2.22. The van der Waals surface area contributed by atoms with Gasteiger partial charge in [0.1, 0.15) is 5.75 Å². The quantitative estimate of drug-likeness (QED) is 0.816. The van der Waals surface area contributed by atoms with Crippen molar-refractivity contribution in [2.75, 3.05) is 13.7 Å². The molecule has 2 aromatic rings. The monoisotopic (exact) mass is 347 g/mol. The molecule has 1 unspecified atom stereocenters. The van der Waals surface area contributed by atoms with Crippen LogP contribution in [0, 0.1) is 0 Å². The Morgan fingerprint density at radius 3 is 2.48 bits per heavy atom. The van der Waals surface area contributed by atoms with E-state index in [1.807, 2.05) is 26.1 Å². The normalized spacial score (nSPS) is 12.2. The van der Waals surface area contributed by atoms with Gasteiger partial charge in [0.15, 0.2) is 0 Å². The first-order valence-corrected chi connectivity index (χ1v) is 8.17. The molecule has 2 aromatic carbocycles. The van der Waals surface area contributed by atoms with Crippen molar-refractivity contribution in [1.29, 1.82) is 0 Å². The first-order valence-electron chi connectivity index (χ1n) is 7.38. The van der Waals surface area contributed by atoms with Gasteiger partial charge in [-0.1, -0.05) is 53.2 Å². The van der Waals surface area contributed by atoms with Crippen LogP contribution >= 0.6 is 15.9 Å². The molecule has 0 saturated carbocycles. The van der Waals surface area contributed by atoms with Crippen molar-refractivity contribution in [3.05, 3.63) is 63.6 Å². The molecule has 0 aliphatic heterocycles. The molecule has 2 rings (SSSR count). The van der Waals surface area contributed by atoms with Crippen LogP contribution in [0.2, 0.25) is 0 Å². The van der Waals surface area contributed by atoms with Gasteiger partial charge in [0.05, 0.1) is 12.6 Å². The van der Waals surface area contributed by atoms with E-state index in [4.69, 9.17) is 4.74 Å². The molecule has 2 nitrogen and oxygen atoms in total. The first kappa shape index (κ1) is 16.1. The minimum Gasteiger partial charge on any atom is -0.494 e. The number of nitrogens with one attached hydrogen (secondary N) is 1. The van der Waals surface area contributed by atoms with Gasteiger partial charge in [0.25, 0.3) is 0 Å². The highest BCUT2D eigenvalue weighted by molar-refractivity contribution is 9.10. The second-order valence-electron chi connectivity index (χ2n) is 4.89. The maximum atomic E-state index is 5.56. The Balaban J connectivity index is 2.42. The fourth-order valence-corrected chi connectivity index (χ4v) is 3.20. The largest absolute Gasteiger partial charge is 0.494 e. The zero-order chi connectivity index (χ0) is 15.2. The van der Waals surface area contributed by atoms with Crippen molar-refractivity contribution >= 4 is 15.9 Å². The molecular weight excluding hydrogens is 326 g/mol. The van der Waals surface area contributed by atoms with E-state index in [0.29, 0.717) is 6.61 Å². The molecule has 1 atom stereocenters. The highest BCUT2D eigenvalue weighted by Crippen LogP contribution is 2.32. The van der Waals surface area contributed by atoms with Crippen molar-refractivity contribution in [3.8, 4) is 5.75 Å². The van der Waals surface area contributed by atoms with Crippen LogP contribution < -0.4 is 10.1 Å². The third kappa shape index (κ3) is 3.66. The summed E-state index contributed by atoms with van der Waals surface area (Å²) in [5.41, 5.74) is 3.92. The van der Waals surface area contributed by atoms with E-state index in [1.165, 1.54) is 16.7 Å². The van der Waals surface area contributed by atoms with E-state index in [-0.39, 0.29) is 6.04 Å². The van der Waals surface area contributed by atoms with Crippen LogP contribution in [0.4, 0.5) is 0 Å². The van der Waals surface area contributed by atoms with E-state index in [0.717, 1.165) is 16.6 Å². The van der Waals surface area contributed by atoms with E-state index < -0.39 is 0 Å². The van der Waals surface area contributed by atoms with E-state index in [1.54, 1.807) is 0 Å². The average Bonchev–Trinajstić information content (AvgIpc) is 2.51. The maximum Gasteiger partial charge on any atom is 0.120 e. The summed E-state index contributed by atoms with van der Waals surface area (Å²) < 4.78 is 6.62. The molecule has 0 radical (unpaired) electrons. The molecule has 0 fully saturated rings. The fourth-order valence-electron chi connectivity index (χ4n) is 2.61. The molecule has 0 heterocycles. The molecule has 3 heteroatoms. The lowest BCUT2D eigenvalue weighted by Crippen LogP contribution is -2.19. The Bertz CT molecular complexity index is 598. The van der Waals surface area contributed by atoms with Gasteiger partial charge < -0.3 is 10.1 Å². The lowest BCUT2D eigenvalue weighted by atomic mass is 9.93. The first-order chi connectivity index (χ1) is 10.2. The van der Waals surface area contributed by atoms with Crippen LogP contribution in [0.3, 0.4) is 0 Å². The van der Waals surface area contributed by atoms with Crippen molar-refractivity contribution < 1.29 is 4.74 Å². The van der Waals surface area contributed by atoms with E-state index in [9.17, 15) is 0 Å². The summed E-state index contributed by atoms with van der Waals surface area (Å²) in [7, 11) is 2.00. The van der Waals surface area contributed by atoms with Gasteiger partial charge in [-0.15, -0.1) is 0 Å². The minimum absolute atomic E-state index is 0.172. The summed E-state index contributed by atoms with van der Waals surface area (Å²) in [6, 6.07) is 15.0. The number of rotatable bonds is 6. The van der Waals surface area contributed by atoms with Gasteiger partial charge in [0.2, 0.25) is 0 Å². The predicted octanol–water partition coefficient (Wildman–Crippen LogP) is 4.72. The molecule has 0 spiro atoms. The van der Waals surface area contributed by atoms with Crippen molar-refractivity contribution in [3.63, 3.8) is 0 Å². The number of aryl methyl sites for hydroxylation is 1. The standard InChI is InChI=1S/C18H22BrNO/c1-4-13-8-6-7-9-15(13)18(20-3)16-11-10-14(21-5-2)12-17(16)19/h6-12,18,20H,4-5H2,1-3H3. The summed E-state index contributed by atoms with van der Waals surface area (Å²) >= 11 is 3.68. The topological polar surface area (TPSA) is 21.3 Å². The zero-order valence-electron chi connectivity index (χ0n) is 12.8. The molecular formula is C18H22BrNO. The Morgan fingerprint density at radius 2 is 1.86 bits per heavy atom. The van der Waals surface area contributed by atoms with Crippen LogP contribution in [-0.2, 0) is 6.42 Å². The molecule has 0 aromatic heterocycles. The highest BCUT2D eigenvalue weighted by Gasteiger charge is 2.17. The molecule has 0 aliphatic rings. The maximum absolute atomic E-state index is 5.56.